The first kappa shape index (κ1) is 17.4. The first-order valence-corrected chi connectivity index (χ1v) is 8.11. The highest BCUT2D eigenvalue weighted by Gasteiger charge is 2.10. The summed E-state index contributed by atoms with van der Waals surface area (Å²) < 4.78 is 0. The Bertz CT molecular complexity index is 641. The van der Waals surface area contributed by atoms with E-state index in [-0.39, 0.29) is 17.7 Å². The van der Waals surface area contributed by atoms with E-state index in [1.807, 2.05) is 0 Å². The fourth-order valence-electron chi connectivity index (χ4n) is 2.23. The molecule has 2 rings (SSSR count). The second kappa shape index (κ2) is 8.64. The maximum atomic E-state index is 11.9. The fraction of sp³-hybridized carbons (Fsp3) is 0.571. The van der Waals surface area contributed by atoms with Crippen molar-refractivity contribution < 1.29 is 4.79 Å². The van der Waals surface area contributed by atoms with E-state index < -0.39 is 0 Å². The summed E-state index contributed by atoms with van der Waals surface area (Å²) in [7, 11) is 0. The number of nitrogens with zero attached hydrogens (tertiary/aromatic N) is 4. The van der Waals surface area contributed by atoms with Crippen LogP contribution in [0.3, 0.4) is 0 Å². The molecule has 0 atom stereocenters. The Balaban J connectivity index is 1.77. The molecular weight excluding hydrogens is 318 g/mol. The zero-order chi connectivity index (χ0) is 16.7. The van der Waals surface area contributed by atoms with Gasteiger partial charge in [-0.15, -0.1) is 0 Å². The Hall–Kier alpha value is -1.93. The number of hydrogen-bond donors (Lipinski definition) is 3. The standard InChI is InChI=1S/C14H22ClN7O/c1-3-22(4-2)7-5-6-16-10(23)8-17-12-11-13(19-9-18-11)21-14(15)20-12/h9H,3-8H2,1-2H3,(H,16,23)(H2,17,18,19,20,21). The molecule has 0 aliphatic rings. The molecule has 0 spiro atoms. The number of fused-ring (bicyclic) bond motifs is 1. The first-order valence-electron chi connectivity index (χ1n) is 7.73. The maximum Gasteiger partial charge on any atom is 0.239 e. The van der Waals surface area contributed by atoms with E-state index in [2.05, 4.69) is 49.3 Å². The Morgan fingerprint density at radius 1 is 1.35 bits per heavy atom. The minimum Gasteiger partial charge on any atom is -0.359 e. The quantitative estimate of drug-likeness (QED) is 0.470. The van der Waals surface area contributed by atoms with Gasteiger partial charge < -0.3 is 20.5 Å². The maximum absolute atomic E-state index is 11.9. The molecule has 0 aromatic carbocycles. The van der Waals surface area contributed by atoms with Gasteiger partial charge in [-0.1, -0.05) is 13.8 Å². The first-order chi connectivity index (χ1) is 11.1. The molecule has 126 valence electrons. The number of hydrogen-bond acceptors (Lipinski definition) is 6. The minimum atomic E-state index is -0.0908. The van der Waals surface area contributed by atoms with Gasteiger partial charge in [-0.05, 0) is 37.7 Å². The molecule has 0 aliphatic carbocycles. The average Bonchev–Trinajstić information content (AvgIpc) is 3.01. The van der Waals surface area contributed by atoms with Crippen molar-refractivity contribution in [2.45, 2.75) is 20.3 Å². The lowest BCUT2D eigenvalue weighted by atomic mass is 10.3. The molecule has 8 nitrogen and oxygen atoms in total. The van der Waals surface area contributed by atoms with Crippen LogP contribution in [-0.2, 0) is 4.79 Å². The lowest BCUT2D eigenvalue weighted by Gasteiger charge is -2.17. The Morgan fingerprint density at radius 2 is 2.13 bits per heavy atom. The number of nitrogens with one attached hydrogen (secondary N) is 3. The van der Waals surface area contributed by atoms with Crippen LogP contribution >= 0.6 is 11.6 Å². The highest BCUT2D eigenvalue weighted by Crippen LogP contribution is 2.17. The predicted octanol–water partition coefficient (Wildman–Crippen LogP) is 1.27. The molecule has 2 heterocycles. The molecule has 0 saturated carbocycles. The van der Waals surface area contributed by atoms with Crippen LogP contribution in [0.4, 0.5) is 5.82 Å². The summed E-state index contributed by atoms with van der Waals surface area (Å²) in [5, 5.41) is 5.93. The van der Waals surface area contributed by atoms with Crippen molar-refractivity contribution in [3.8, 4) is 0 Å². The number of aromatic amines is 1. The van der Waals surface area contributed by atoms with Crippen molar-refractivity contribution in [2.24, 2.45) is 0 Å². The van der Waals surface area contributed by atoms with E-state index >= 15 is 0 Å². The molecule has 0 radical (unpaired) electrons. The number of carbonyl (C=O) groups excluding carboxylic acids is 1. The Kier molecular flexibility index (Phi) is 6.54. The fourth-order valence-corrected chi connectivity index (χ4v) is 2.40. The number of halogens is 1. The van der Waals surface area contributed by atoms with E-state index in [4.69, 9.17) is 11.6 Å². The molecule has 1 amide bonds. The predicted molar refractivity (Wildman–Crippen MR) is 90.6 cm³/mol. The molecule has 2 aromatic rings. The summed E-state index contributed by atoms with van der Waals surface area (Å²) in [6.07, 6.45) is 2.44. The number of H-pyrrole nitrogens is 1. The molecule has 3 N–H and O–H groups in total. The largest absolute Gasteiger partial charge is 0.359 e. The molecule has 0 aliphatic heterocycles. The van der Waals surface area contributed by atoms with Gasteiger partial charge >= 0.3 is 0 Å². The lowest BCUT2D eigenvalue weighted by Crippen LogP contribution is -2.33. The summed E-state index contributed by atoms with van der Waals surface area (Å²) in [4.78, 5) is 29.2. The summed E-state index contributed by atoms with van der Waals surface area (Å²) in [6.45, 7) is 8.08. The van der Waals surface area contributed by atoms with E-state index in [0.717, 1.165) is 26.1 Å². The lowest BCUT2D eigenvalue weighted by molar-refractivity contribution is -0.119. The van der Waals surface area contributed by atoms with Gasteiger partial charge in [0.15, 0.2) is 11.5 Å². The van der Waals surface area contributed by atoms with Crippen LogP contribution in [0.5, 0.6) is 0 Å². The number of anilines is 1. The van der Waals surface area contributed by atoms with Gasteiger partial charge in [-0.3, -0.25) is 4.79 Å². The number of amides is 1. The van der Waals surface area contributed by atoms with Crippen molar-refractivity contribution in [2.75, 3.05) is 38.0 Å². The molecule has 0 saturated heterocycles. The minimum absolute atomic E-state index is 0.0896. The third-order valence-corrected chi connectivity index (χ3v) is 3.71. The van der Waals surface area contributed by atoms with Gasteiger partial charge in [0.05, 0.1) is 12.9 Å². The van der Waals surface area contributed by atoms with Crippen molar-refractivity contribution in [1.29, 1.82) is 0 Å². The third kappa shape index (κ3) is 5.04. The monoisotopic (exact) mass is 339 g/mol. The van der Waals surface area contributed by atoms with Gasteiger partial charge in [-0.25, -0.2) is 4.98 Å². The second-order valence-electron chi connectivity index (χ2n) is 5.03. The Morgan fingerprint density at radius 3 is 2.87 bits per heavy atom. The summed E-state index contributed by atoms with van der Waals surface area (Å²) in [6, 6.07) is 0. The van der Waals surface area contributed by atoms with Crippen molar-refractivity contribution in [1.82, 2.24) is 30.2 Å². The van der Waals surface area contributed by atoms with Gasteiger partial charge in [0, 0.05) is 6.54 Å². The van der Waals surface area contributed by atoms with Gasteiger partial charge in [0.2, 0.25) is 11.2 Å². The summed E-state index contributed by atoms with van der Waals surface area (Å²) in [5.74, 6) is 0.378. The number of imidazole rings is 1. The van der Waals surface area contributed by atoms with Gasteiger partial charge in [-0.2, -0.15) is 9.97 Å². The molecule has 9 heteroatoms. The van der Waals surface area contributed by atoms with Crippen molar-refractivity contribution >= 4 is 34.5 Å². The molecular formula is C14H22ClN7O. The SMILES string of the molecule is CCN(CC)CCCNC(=O)CNc1nc(Cl)nc2nc[nH]c12. The highest BCUT2D eigenvalue weighted by molar-refractivity contribution is 6.28. The zero-order valence-corrected chi connectivity index (χ0v) is 14.2. The van der Waals surface area contributed by atoms with Crippen LogP contribution in [0.2, 0.25) is 5.28 Å². The topological polar surface area (TPSA) is 98.8 Å². The normalized spacial score (nSPS) is 11.1. The third-order valence-electron chi connectivity index (χ3n) is 3.54. The number of carbonyl (C=O) groups is 1. The van der Waals surface area contributed by atoms with Crippen LogP contribution in [0.1, 0.15) is 20.3 Å². The zero-order valence-electron chi connectivity index (χ0n) is 13.4. The van der Waals surface area contributed by atoms with Crippen LogP contribution in [0.25, 0.3) is 11.2 Å². The van der Waals surface area contributed by atoms with Crippen LogP contribution in [0, 0.1) is 0 Å². The van der Waals surface area contributed by atoms with Gasteiger partial charge in [0.1, 0.15) is 5.52 Å². The second-order valence-corrected chi connectivity index (χ2v) is 5.36. The van der Waals surface area contributed by atoms with Crippen LogP contribution in [0.15, 0.2) is 6.33 Å². The van der Waals surface area contributed by atoms with Crippen molar-refractivity contribution in [3.63, 3.8) is 0 Å². The molecule has 0 fully saturated rings. The van der Waals surface area contributed by atoms with E-state index in [1.165, 1.54) is 6.33 Å². The van der Waals surface area contributed by atoms with Crippen molar-refractivity contribution in [3.05, 3.63) is 11.6 Å². The number of rotatable bonds is 9. The smallest absolute Gasteiger partial charge is 0.239 e. The molecule has 0 unspecified atom stereocenters. The molecule has 2 aromatic heterocycles. The molecule has 23 heavy (non-hydrogen) atoms. The molecule has 0 bridgehead atoms. The summed E-state index contributed by atoms with van der Waals surface area (Å²) in [5.41, 5.74) is 1.09. The number of aromatic nitrogens is 4. The van der Waals surface area contributed by atoms with Crippen LogP contribution < -0.4 is 10.6 Å². The van der Waals surface area contributed by atoms with E-state index in [1.54, 1.807) is 0 Å². The van der Waals surface area contributed by atoms with E-state index in [0.29, 0.717) is 23.5 Å². The average molecular weight is 340 g/mol. The van der Waals surface area contributed by atoms with E-state index in [9.17, 15) is 4.79 Å². The summed E-state index contributed by atoms with van der Waals surface area (Å²) >= 11 is 5.83. The highest BCUT2D eigenvalue weighted by atomic mass is 35.5. The van der Waals surface area contributed by atoms with Gasteiger partial charge in [0.25, 0.3) is 0 Å². The van der Waals surface area contributed by atoms with Crippen LogP contribution in [-0.4, -0.2) is 63.5 Å². The Labute approximate surface area is 140 Å².